The molecule has 106 valence electrons. The summed E-state index contributed by atoms with van der Waals surface area (Å²) >= 11 is 0. The third kappa shape index (κ3) is 3.71. The second-order valence-corrected chi connectivity index (χ2v) is 6.11. The third-order valence-electron chi connectivity index (χ3n) is 3.93. The molecule has 0 saturated heterocycles. The Hall–Kier alpha value is -1.06. The van der Waals surface area contributed by atoms with E-state index < -0.39 is 0 Å². The summed E-state index contributed by atoms with van der Waals surface area (Å²) in [7, 11) is 4.28. The van der Waals surface area contributed by atoms with Gasteiger partial charge in [0.15, 0.2) is 0 Å². The molecule has 1 atom stereocenters. The van der Waals surface area contributed by atoms with Gasteiger partial charge in [0, 0.05) is 37.9 Å². The molecule has 1 heterocycles. The Morgan fingerprint density at radius 3 is 2.74 bits per heavy atom. The topological polar surface area (TPSA) is 18.5 Å². The minimum absolute atomic E-state index is 0.564. The Morgan fingerprint density at radius 2 is 2.05 bits per heavy atom. The van der Waals surface area contributed by atoms with Crippen LogP contribution in [0.3, 0.4) is 0 Å². The lowest BCUT2D eigenvalue weighted by atomic mass is 10.0. The Kier molecular flexibility index (Phi) is 4.83. The van der Waals surface area contributed by atoms with E-state index in [1.54, 1.807) is 0 Å². The van der Waals surface area contributed by atoms with Gasteiger partial charge < -0.3 is 15.1 Å². The number of rotatable bonds is 4. The molecule has 2 rings (SSSR count). The molecule has 0 aromatic heterocycles. The van der Waals surface area contributed by atoms with Gasteiger partial charge in [-0.05, 0) is 31.6 Å². The van der Waals surface area contributed by atoms with Crippen molar-refractivity contribution in [3.63, 3.8) is 0 Å². The minimum Gasteiger partial charge on any atom is -0.368 e. The lowest BCUT2D eigenvalue weighted by Gasteiger charge is -2.30. The molecule has 0 amide bonds. The second kappa shape index (κ2) is 6.40. The van der Waals surface area contributed by atoms with E-state index in [1.165, 1.54) is 11.3 Å². The molecular weight excluding hydrogens is 234 g/mol. The number of para-hydroxylation sites is 1. The number of likely N-dealkylation sites (N-methyl/N-ethyl adjacent to an activating group) is 1. The first-order chi connectivity index (χ1) is 9.08. The number of hydrogen-bond donors (Lipinski definition) is 1. The average Bonchev–Trinajstić information content (AvgIpc) is 2.56. The van der Waals surface area contributed by atoms with Crippen molar-refractivity contribution in [1.29, 1.82) is 0 Å². The van der Waals surface area contributed by atoms with Crippen LogP contribution in [0.15, 0.2) is 24.3 Å². The van der Waals surface area contributed by atoms with E-state index in [1.807, 2.05) is 0 Å². The van der Waals surface area contributed by atoms with Crippen LogP contribution in [0.1, 0.15) is 19.4 Å². The normalized spacial score (nSPS) is 19.7. The van der Waals surface area contributed by atoms with Crippen LogP contribution < -0.4 is 10.2 Å². The van der Waals surface area contributed by atoms with Crippen LogP contribution >= 0.6 is 0 Å². The quantitative estimate of drug-likeness (QED) is 0.896. The standard InChI is InChI=1S/C16H27N3/c1-13(2)15-12-19(10-9-18(3)4)16-8-6-5-7-14(16)11-17-15/h5-8,13,15,17H,9-12H2,1-4H3. The molecule has 0 spiro atoms. The van der Waals surface area contributed by atoms with Gasteiger partial charge in [-0.2, -0.15) is 0 Å². The van der Waals surface area contributed by atoms with E-state index in [2.05, 4.69) is 67.3 Å². The van der Waals surface area contributed by atoms with Gasteiger partial charge in [0.25, 0.3) is 0 Å². The van der Waals surface area contributed by atoms with E-state index >= 15 is 0 Å². The van der Waals surface area contributed by atoms with Crippen molar-refractivity contribution < 1.29 is 0 Å². The first-order valence-corrected chi connectivity index (χ1v) is 7.29. The van der Waals surface area contributed by atoms with Gasteiger partial charge >= 0.3 is 0 Å². The Balaban J connectivity index is 2.19. The summed E-state index contributed by atoms with van der Waals surface area (Å²) in [5.41, 5.74) is 2.82. The predicted molar refractivity (Wildman–Crippen MR) is 82.7 cm³/mol. The van der Waals surface area contributed by atoms with Gasteiger partial charge in [0.2, 0.25) is 0 Å². The highest BCUT2D eigenvalue weighted by molar-refractivity contribution is 5.54. The van der Waals surface area contributed by atoms with E-state index in [-0.39, 0.29) is 0 Å². The van der Waals surface area contributed by atoms with Crippen molar-refractivity contribution in [3.05, 3.63) is 29.8 Å². The fourth-order valence-corrected chi connectivity index (χ4v) is 2.59. The summed E-state index contributed by atoms with van der Waals surface area (Å²) in [5, 5.41) is 3.70. The molecule has 0 saturated carbocycles. The van der Waals surface area contributed by atoms with Gasteiger partial charge in [-0.25, -0.2) is 0 Å². The molecule has 0 radical (unpaired) electrons. The van der Waals surface area contributed by atoms with Gasteiger partial charge in [0.1, 0.15) is 0 Å². The van der Waals surface area contributed by atoms with Crippen molar-refractivity contribution >= 4 is 5.69 Å². The average molecular weight is 261 g/mol. The SMILES string of the molecule is CC(C)C1CN(CCN(C)C)c2ccccc2CN1. The van der Waals surface area contributed by atoms with Crippen molar-refractivity contribution in [1.82, 2.24) is 10.2 Å². The molecule has 3 nitrogen and oxygen atoms in total. The molecule has 0 fully saturated rings. The molecule has 1 aliphatic heterocycles. The van der Waals surface area contributed by atoms with Crippen LogP contribution in [0.5, 0.6) is 0 Å². The predicted octanol–water partition coefficient (Wildman–Crippen LogP) is 2.18. The molecule has 1 aromatic carbocycles. The van der Waals surface area contributed by atoms with E-state index in [9.17, 15) is 0 Å². The van der Waals surface area contributed by atoms with Crippen molar-refractivity contribution in [3.8, 4) is 0 Å². The Labute approximate surface area is 117 Å². The number of fused-ring (bicyclic) bond motifs is 1. The van der Waals surface area contributed by atoms with Crippen LogP contribution in [0, 0.1) is 5.92 Å². The second-order valence-electron chi connectivity index (χ2n) is 6.11. The van der Waals surface area contributed by atoms with Crippen LogP contribution in [0.25, 0.3) is 0 Å². The summed E-state index contributed by atoms with van der Waals surface area (Å²) in [4.78, 5) is 4.80. The minimum atomic E-state index is 0.564. The smallest absolute Gasteiger partial charge is 0.0412 e. The van der Waals surface area contributed by atoms with Crippen molar-refractivity contribution in [2.75, 3.05) is 38.6 Å². The van der Waals surface area contributed by atoms with Gasteiger partial charge in [-0.1, -0.05) is 32.0 Å². The number of nitrogens with one attached hydrogen (secondary N) is 1. The zero-order valence-electron chi connectivity index (χ0n) is 12.7. The lowest BCUT2D eigenvalue weighted by molar-refractivity contribution is 0.383. The number of nitrogens with zero attached hydrogens (tertiary/aromatic N) is 2. The van der Waals surface area contributed by atoms with E-state index in [0.717, 1.165) is 26.2 Å². The van der Waals surface area contributed by atoms with Crippen molar-refractivity contribution in [2.45, 2.75) is 26.4 Å². The molecule has 0 bridgehead atoms. The van der Waals surface area contributed by atoms with Crippen LogP contribution in [0.4, 0.5) is 5.69 Å². The summed E-state index contributed by atoms with van der Waals surface area (Å²) < 4.78 is 0. The van der Waals surface area contributed by atoms with Crippen LogP contribution in [-0.4, -0.2) is 44.7 Å². The highest BCUT2D eigenvalue weighted by atomic mass is 15.2. The van der Waals surface area contributed by atoms with Gasteiger partial charge in [-0.3, -0.25) is 0 Å². The van der Waals surface area contributed by atoms with E-state index in [0.29, 0.717) is 12.0 Å². The monoisotopic (exact) mass is 261 g/mol. The molecule has 1 aliphatic rings. The summed E-state index contributed by atoms with van der Waals surface area (Å²) in [6.07, 6.45) is 0. The Bertz CT molecular complexity index is 401. The van der Waals surface area contributed by atoms with E-state index in [4.69, 9.17) is 0 Å². The zero-order chi connectivity index (χ0) is 13.8. The van der Waals surface area contributed by atoms with Crippen LogP contribution in [0.2, 0.25) is 0 Å². The third-order valence-corrected chi connectivity index (χ3v) is 3.93. The molecule has 1 unspecified atom stereocenters. The maximum absolute atomic E-state index is 3.70. The molecule has 3 heteroatoms. The lowest BCUT2D eigenvalue weighted by Crippen LogP contribution is -2.43. The van der Waals surface area contributed by atoms with Gasteiger partial charge in [0.05, 0.1) is 0 Å². The maximum Gasteiger partial charge on any atom is 0.0412 e. The molecule has 19 heavy (non-hydrogen) atoms. The van der Waals surface area contributed by atoms with Crippen molar-refractivity contribution in [2.24, 2.45) is 5.92 Å². The molecule has 1 N–H and O–H groups in total. The van der Waals surface area contributed by atoms with Gasteiger partial charge in [-0.15, -0.1) is 0 Å². The molecule has 0 aliphatic carbocycles. The fraction of sp³-hybridized carbons (Fsp3) is 0.625. The summed E-state index contributed by atoms with van der Waals surface area (Å²) in [6, 6.07) is 9.36. The summed E-state index contributed by atoms with van der Waals surface area (Å²) in [6.45, 7) is 8.88. The van der Waals surface area contributed by atoms with Crippen LogP contribution in [-0.2, 0) is 6.54 Å². The maximum atomic E-state index is 3.70. The zero-order valence-corrected chi connectivity index (χ0v) is 12.7. The largest absolute Gasteiger partial charge is 0.368 e. The Morgan fingerprint density at radius 1 is 1.32 bits per heavy atom. The number of benzene rings is 1. The molecular formula is C16H27N3. The number of hydrogen-bond acceptors (Lipinski definition) is 3. The number of anilines is 1. The first kappa shape index (κ1) is 14.4. The first-order valence-electron chi connectivity index (χ1n) is 7.29. The molecule has 1 aromatic rings. The fourth-order valence-electron chi connectivity index (χ4n) is 2.59. The highest BCUT2D eigenvalue weighted by Gasteiger charge is 2.22. The summed E-state index contributed by atoms with van der Waals surface area (Å²) in [5.74, 6) is 0.663. The highest BCUT2D eigenvalue weighted by Crippen LogP contribution is 2.24.